The van der Waals surface area contributed by atoms with Gasteiger partial charge in [0.2, 0.25) is 5.91 Å². The van der Waals surface area contributed by atoms with Gasteiger partial charge >= 0.3 is 0 Å². The van der Waals surface area contributed by atoms with E-state index in [9.17, 15) is 30.0 Å². The van der Waals surface area contributed by atoms with E-state index in [0.29, 0.717) is 12.0 Å². The SMILES string of the molecule is O=C1CC[C@H](c2c(O)cc3oc(-c4ccc(O)c(O)c4)cc(=O)c3c2O)N1. The summed E-state index contributed by atoms with van der Waals surface area (Å²) in [6, 6.07) is 5.68. The molecule has 1 amide bonds. The molecule has 8 heteroatoms. The number of hydrogen-bond donors (Lipinski definition) is 5. The summed E-state index contributed by atoms with van der Waals surface area (Å²) in [5.74, 6) is -1.56. The van der Waals surface area contributed by atoms with Crippen molar-refractivity contribution < 1.29 is 29.6 Å². The van der Waals surface area contributed by atoms with E-state index < -0.39 is 17.2 Å². The minimum absolute atomic E-state index is 0.0480. The number of benzene rings is 2. The molecule has 0 aliphatic carbocycles. The third-order valence-electron chi connectivity index (χ3n) is 4.61. The number of amides is 1. The van der Waals surface area contributed by atoms with Crippen molar-refractivity contribution in [2.45, 2.75) is 18.9 Å². The van der Waals surface area contributed by atoms with Crippen LogP contribution in [0.15, 0.2) is 39.5 Å². The molecule has 2 aromatic carbocycles. The maximum Gasteiger partial charge on any atom is 0.220 e. The van der Waals surface area contributed by atoms with Gasteiger partial charge in [0.05, 0.1) is 11.6 Å². The molecule has 0 unspecified atom stereocenters. The number of phenolic OH excluding ortho intramolecular Hbond substituents is 4. The fourth-order valence-corrected chi connectivity index (χ4v) is 3.30. The van der Waals surface area contributed by atoms with Gasteiger partial charge in [-0.1, -0.05) is 0 Å². The highest BCUT2D eigenvalue weighted by molar-refractivity contribution is 5.89. The number of rotatable bonds is 2. The molecule has 27 heavy (non-hydrogen) atoms. The van der Waals surface area contributed by atoms with E-state index >= 15 is 0 Å². The van der Waals surface area contributed by atoms with Crippen molar-refractivity contribution in [3.8, 4) is 34.3 Å². The highest BCUT2D eigenvalue weighted by Crippen LogP contribution is 2.42. The second-order valence-electron chi connectivity index (χ2n) is 6.37. The van der Waals surface area contributed by atoms with Crippen LogP contribution in [0.5, 0.6) is 23.0 Å². The Morgan fingerprint density at radius 3 is 2.41 bits per heavy atom. The molecular weight excluding hydrogens is 354 g/mol. The smallest absolute Gasteiger partial charge is 0.220 e. The third kappa shape index (κ3) is 2.71. The highest BCUT2D eigenvalue weighted by atomic mass is 16.3. The molecule has 1 aliphatic rings. The lowest BCUT2D eigenvalue weighted by atomic mass is 9.99. The van der Waals surface area contributed by atoms with Gasteiger partial charge in [-0.25, -0.2) is 0 Å². The molecule has 4 rings (SSSR count). The van der Waals surface area contributed by atoms with Crippen molar-refractivity contribution in [2.24, 2.45) is 0 Å². The fourth-order valence-electron chi connectivity index (χ4n) is 3.30. The van der Waals surface area contributed by atoms with Crippen LogP contribution in [0.2, 0.25) is 0 Å². The Hall–Kier alpha value is -3.68. The molecule has 0 saturated carbocycles. The van der Waals surface area contributed by atoms with Gasteiger partial charge in [-0.3, -0.25) is 9.59 Å². The van der Waals surface area contributed by atoms with Crippen LogP contribution < -0.4 is 10.7 Å². The first-order chi connectivity index (χ1) is 12.8. The monoisotopic (exact) mass is 369 g/mol. The summed E-state index contributed by atoms with van der Waals surface area (Å²) >= 11 is 0. The Morgan fingerprint density at radius 1 is 0.963 bits per heavy atom. The van der Waals surface area contributed by atoms with Gasteiger partial charge in [0.15, 0.2) is 16.9 Å². The zero-order valence-corrected chi connectivity index (χ0v) is 13.9. The van der Waals surface area contributed by atoms with Crippen molar-refractivity contribution in [1.82, 2.24) is 5.32 Å². The fraction of sp³-hybridized carbons (Fsp3) is 0.158. The highest BCUT2D eigenvalue weighted by Gasteiger charge is 2.29. The van der Waals surface area contributed by atoms with Gasteiger partial charge in [-0.2, -0.15) is 0 Å². The molecule has 0 bridgehead atoms. The molecule has 1 aromatic heterocycles. The van der Waals surface area contributed by atoms with E-state index in [0.717, 1.165) is 6.07 Å². The number of carbonyl (C=O) groups excluding carboxylic acids is 1. The Bertz CT molecular complexity index is 1150. The number of carbonyl (C=O) groups is 1. The van der Waals surface area contributed by atoms with Crippen LogP contribution in [0, 0.1) is 0 Å². The summed E-state index contributed by atoms with van der Waals surface area (Å²) < 4.78 is 5.62. The minimum Gasteiger partial charge on any atom is -0.507 e. The van der Waals surface area contributed by atoms with Gasteiger partial charge in [-0.05, 0) is 24.6 Å². The van der Waals surface area contributed by atoms with Crippen LogP contribution in [0.1, 0.15) is 24.4 Å². The molecule has 1 aliphatic heterocycles. The van der Waals surface area contributed by atoms with Gasteiger partial charge < -0.3 is 30.2 Å². The maximum absolute atomic E-state index is 12.6. The van der Waals surface area contributed by atoms with Gasteiger partial charge in [0, 0.05) is 24.1 Å². The van der Waals surface area contributed by atoms with Crippen LogP contribution in [0.4, 0.5) is 0 Å². The molecule has 3 aromatic rings. The van der Waals surface area contributed by atoms with Crippen molar-refractivity contribution >= 4 is 16.9 Å². The van der Waals surface area contributed by atoms with Crippen LogP contribution in [-0.2, 0) is 4.79 Å². The molecule has 0 radical (unpaired) electrons. The van der Waals surface area contributed by atoms with Crippen LogP contribution in [0.25, 0.3) is 22.3 Å². The predicted octanol–water partition coefficient (Wildman–Crippen LogP) is 2.23. The lowest BCUT2D eigenvalue weighted by molar-refractivity contribution is -0.119. The van der Waals surface area contributed by atoms with Gasteiger partial charge in [0.25, 0.3) is 0 Å². The van der Waals surface area contributed by atoms with Crippen molar-refractivity contribution in [3.05, 3.63) is 46.1 Å². The summed E-state index contributed by atoms with van der Waals surface area (Å²) in [5, 5.41) is 42.4. The summed E-state index contributed by atoms with van der Waals surface area (Å²) in [5.41, 5.74) is -0.193. The number of phenols is 4. The van der Waals surface area contributed by atoms with Crippen LogP contribution in [0.3, 0.4) is 0 Å². The third-order valence-corrected chi connectivity index (χ3v) is 4.61. The second kappa shape index (κ2) is 5.94. The van der Waals surface area contributed by atoms with Crippen LogP contribution in [-0.4, -0.2) is 26.3 Å². The Balaban J connectivity index is 1.90. The molecule has 138 valence electrons. The van der Waals surface area contributed by atoms with Crippen molar-refractivity contribution in [2.75, 3.05) is 0 Å². The standard InChI is InChI=1S/C19H15NO7/c21-10-3-1-8(5-11(10)22)14-6-13(24)18-15(27-14)7-12(23)17(19(18)26)9-2-4-16(25)20-9/h1,3,5-7,9,21-23,26H,2,4H2,(H,20,25)/t9-/m1/s1. The Labute approximate surface area is 151 Å². The number of aromatic hydroxyl groups is 4. The van der Waals surface area contributed by atoms with Gasteiger partial charge in [-0.15, -0.1) is 0 Å². The average molecular weight is 369 g/mol. The zero-order chi connectivity index (χ0) is 19.3. The Kier molecular flexibility index (Phi) is 3.69. The molecule has 1 atom stereocenters. The lowest BCUT2D eigenvalue weighted by Gasteiger charge is -2.16. The largest absolute Gasteiger partial charge is 0.507 e. The second-order valence-corrected chi connectivity index (χ2v) is 6.37. The number of fused-ring (bicyclic) bond motifs is 1. The summed E-state index contributed by atoms with van der Waals surface area (Å²) in [7, 11) is 0. The molecule has 1 saturated heterocycles. The van der Waals surface area contributed by atoms with Crippen molar-refractivity contribution in [1.29, 1.82) is 0 Å². The van der Waals surface area contributed by atoms with E-state index in [4.69, 9.17) is 4.42 Å². The first kappa shape index (κ1) is 16.8. The first-order valence-corrected chi connectivity index (χ1v) is 8.19. The molecule has 1 fully saturated rings. The molecule has 8 nitrogen and oxygen atoms in total. The topological polar surface area (TPSA) is 140 Å². The van der Waals surface area contributed by atoms with Gasteiger partial charge in [0.1, 0.15) is 28.2 Å². The lowest BCUT2D eigenvalue weighted by Crippen LogP contribution is -2.18. The number of nitrogens with one attached hydrogen (secondary N) is 1. The van der Waals surface area contributed by atoms with E-state index in [2.05, 4.69) is 5.32 Å². The average Bonchev–Trinajstić information content (AvgIpc) is 3.02. The predicted molar refractivity (Wildman–Crippen MR) is 94.7 cm³/mol. The van der Waals surface area contributed by atoms with E-state index in [1.165, 1.54) is 24.3 Å². The van der Waals surface area contributed by atoms with E-state index in [1.807, 2.05) is 0 Å². The first-order valence-electron chi connectivity index (χ1n) is 8.19. The molecular formula is C19H15NO7. The van der Waals surface area contributed by atoms with Crippen LogP contribution >= 0.6 is 0 Å². The Morgan fingerprint density at radius 2 is 1.74 bits per heavy atom. The van der Waals surface area contributed by atoms with Crippen molar-refractivity contribution in [3.63, 3.8) is 0 Å². The molecule has 2 heterocycles. The minimum atomic E-state index is -0.588. The summed E-state index contributed by atoms with van der Waals surface area (Å²) in [6.45, 7) is 0. The normalized spacial score (nSPS) is 16.6. The molecule has 0 spiro atoms. The quantitative estimate of drug-likeness (QED) is 0.436. The number of hydrogen-bond acceptors (Lipinski definition) is 7. The summed E-state index contributed by atoms with van der Waals surface area (Å²) in [6.07, 6.45) is 0.654. The zero-order valence-electron chi connectivity index (χ0n) is 13.9. The van der Waals surface area contributed by atoms with E-state index in [-0.39, 0.29) is 51.9 Å². The maximum atomic E-state index is 12.6. The molecule has 5 N–H and O–H groups in total. The summed E-state index contributed by atoms with van der Waals surface area (Å²) in [4.78, 5) is 24.0. The van der Waals surface area contributed by atoms with E-state index in [1.54, 1.807) is 0 Å².